The average molecular weight is 425 g/mol. The van der Waals surface area contributed by atoms with Crippen LogP contribution in [0.25, 0.3) is 6.08 Å². The summed E-state index contributed by atoms with van der Waals surface area (Å²) in [5, 5.41) is 23.0. The Balaban J connectivity index is 2.46. The molecule has 2 aromatic rings. The molecule has 0 amide bonds. The summed E-state index contributed by atoms with van der Waals surface area (Å²) in [5.41, 5.74) is 1.92. The van der Waals surface area contributed by atoms with Gasteiger partial charge in [-0.2, -0.15) is 10.4 Å². The molecular formula is C15H11Br2N3O2. The van der Waals surface area contributed by atoms with Gasteiger partial charge in [0.05, 0.1) is 14.6 Å². The maximum Gasteiger partial charge on any atom is 0.289 e. The normalized spacial score (nSPS) is 11.3. The van der Waals surface area contributed by atoms with Crippen molar-refractivity contribution in [2.75, 3.05) is 0 Å². The molecular weight excluding hydrogens is 414 g/mol. The molecule has 0 aliphatic rings. The molecule has 1 N–H and O–H groups in total. The predicted molar refractivity (Wildman–Crippen MR) is 89.4 cm³/mol. The highest BCUT2D eigenvalue weighted by Gasteiger charge is 2.16. The maximum absolute atomic E-state index is 12.4. The predicted octanol–water partition coefficient (Wildman–Crippen LogP) is 3.98. The summed E-state index contributed by atoms with van der Waals surface area (Å²) >= 11 is 6.42. The Morgan fingerprint density at radius 2 is 1.91 bits per heavy atom. The molecule has 0 aliphatic heterocycles. The average Bonchev–Trinajstić information content (AvgIpc) is 2.80. The summed E-state index contributed by atoms with van der Waals surface area (Å²) in [5.74, 6) is -0.436. The molecule has 22 heavy (non-hydrogen) atoms. The van der Waals surface area contributed by atoms with Crippen LogP contribution in [0.3, 0.4) is 0 Å². The first-order valence-corrected chi connectivity index (χ1v) is 7.80. The number of hydrogen-bond donors (Lipinski definition) is 1. The third-order valence-corrected chi connectivity index (χ3v) is 4.11. The van der Waals surface area contributed by atoms with Crippen LogP contribution in [0, 0.1) is 25.2 Å². The van der Waals surface area contributed by atoms with Crippen molar-refractivity contribution < 1.29 is 9.90 Å². The van der Waals surface area contributed by atoms with E-state index in [0.717, 1.165) is 0 Å². The number of aromatic nitrogens is 2. The van der Waals surface area contributed by atoms with E-state index in [4.69, 9.17) is 0 Å². The van der Waals surface area contributed by atoms with Crippen molar-refractivity contribution in [3.63, 3.8) is 0 Å². The van der Waals surface area contributed by atoms with Crippen LogP contribution in [-0.4, -0.2) is 20.8 Å². The fraction of sp³-hybridized carbons (Fsp3) is 0.133. The molecule has 1 aromatic carbocycles. The van der Waals surface area contributed by atoms with Crippen LogP contribution in [0.15, 0.2) is 32.7 Å². The van der Waals surface area contributed by atoms with E-state index in [1.165, 1.54) is 10.8 Å². The van der Waals surface area contributed by atoms with Gasteiger partial charge in [0, 0.05) is 5.69 Å². The van der Waals surface area contributed by atoms with Crippen LogP contribution in [0.4, 0.5) is 0 Å². The van der Waals surface area contributed by atoms with E-state index in [0.29, 0.717) is 25.9 Å². The lowest BCUT2D eigenvalue weighted by molar-refractivity contribution is 0.0944. The molecule has 0 saturated carbocycles. The zero-order valence-corrected chi connectivity index (χ0v) is 14.9. The Hall–Kier alpha value is -1.91. The Kier molecular flexibility index (Phi) is 4.84. The molecule has 2 rings (SSSR count). The van der Waals surface area contributed by atoms with Crippen LogP contribution in [0.5, 0.6) is 5.75 Å². The second-order valence-corrected chi connectivity index (χ2v) is 6.36. The molecule has 0 saturated heterocycles. The van der Waals surface area contributed by atoms with E-state index in [1.54, 1.807) is 32.0 Å². The van der Waals surface area contributed by atoms with Crippen molar-refractivity contribution in [1.82, 2.24) is 9.78 Å². The van der Waals surface area contributed by atoms with E-state index >= 15 is 0 Å². The second kappa shape index (κ2) is 6.46. The van der Waals surface area contributed by atoms with Crippen LogP contribution < -0.4 is 0 Å². The molecule has 0 unspecified atom stereocenters. The first-order valence-electron chi connectivity index (χ1n) is 6.21. The molecule has 0 aliphatic carbocycles. The van der Waals surface area contributed by atoms with Crippen LogP contribution in [0.2, 0.25) is 0 Å². The molecule has 0 fully saturated rings. The highest BCUT2D eigenvalue weighted by atomic mass is 79.9. The quantitative estimate of drug-likeness (QED) is 0.584. The molecule has 0 bridgehead atoms. The minimum absolute atomic E-state index is 0.0457. The monoisotopic (exact) mass is 423 g/mol. The van der Waals surface area contributed by atoms with Gasteiger partial charge in [0.1, 0.15) is 17.4 Å². The minimum atomic E-state index is -0.492. The lowest BCUT2D eigenvalue weighted by Gasteiger charge is -2.04. The first kappa shape index (κ1) is 16.5. The lowest BCUT2D eigenvalue weighted by Crippen LogP contribution is -2.15. The fourth-order valence-corrected chi connectivity index (χ4v) is 3.15. The molecule has 1 heterocycles. The molecule has 112 valence electrons. The van der Waals surface area contributed by atoms with Crippen molar-refractivity contribution >= 4 is 43.8 Å². The minimum Gasteiger partial charge on any atom is -0.506 e. The van der Waals surface area contributed by atoms with E-state index in [-0.39, 0.29) is 11.3 Å². The molecule has 5 nitrogen and oxygen atoms in total. The number of aryl methyl sites for hydroxylation is 2. The van der Waals surface area contributed by atoms with Crippen molar-refractivity contribution in [3.05, 3.63) is 49.7 Å². The number of rotatable bonds is 2. The summed E-state index contributed by atoms with van der Waals surface area (Å²) in [6, 6.07) is 6.89. The van der Waals surface area contributed by atoms with E-state index in [2.05, 4.69) is 37.0 Å². The molecule has 0 spiro atoms. The number of carbonyl (C=O) groups excluding carboxylic acids is 1. The van der Waals surface area contributed by atoms with Gasteiger partial charge in [-0.3, -0.25) is 4.79 Å². The van der Waals surface area contributed by atoms with Crippen molar-refractivity contribution in [1.29, 1.82) is 5.26 Å². The van der Waals surface area contributed by atoms with Crippen molar-refractivity contribution in [2.24, 2.45) is 0 Å². The van der Waals surface area contributed by atoms with Gasteiger partial charge >= 0.3 is 0 Å². The number of carbonyl (C=O) groups is 1. The third-order valence-electron chi connectivity index (χ3n) is 2.90. The Morgan fingerprint density at radius 3 is 2.36 bits per heavy atom. The zero-order chi connectivity index (χ0) is 16.4. The van der Waals surface area contributed by atoms with Crippen LogP contribution in [0.1, 0.15) is 21.7 Å². The number of nitriles is 1. The zero-order valence-electron chi connectivity index (χ0n) is 11.8. The van der Waals surface area contributed by atoms with E-state index in [1.807, 2.05) is 6.07 Å². The van der Waals surface area contributed by atoms with Gasteiger partial charge in [-0.05, 0) is 75.5 Å². The van der Waals surface area contributed by atoms with Gasteiger partial charge in [0.25, 0.3) is 5.91 Å². The molecule has 0 atom stereocenters. The number of hydrogen-bond acceptors (Lipinski definition) is 4. The highest BCUT2D eigenvalue weighted by Crippen LogP contribution is 2.34. The number of phenols is 1. The first-order chi connectivity index (χ1) is 10.3. The van der Waals surface area contributed by atoms with Crippen LogP contribution >= 0.6 is 31.9 Å². The largest absolute Gasteiger partial charge is 0.506 e. The number of nitrogens with zero attached hydrogens (tertiary/aromatic N) is 3. The molecule has 7 heteroatoms. The van der Waals surface area contributed by atoms with Gasteiger partial charge in [0.15, 0.2) is 0 Å². The third kappa shape index (κ3) is 3.29. The number of aromatic hydroxyl groups is 1. The van der Waals surface area contributed by atoms with Gasteiger partial charge in [-0.1, -0.05) is 0 Å². The summed E-state index contributed by atoms with van der Waals surface area (Å²) in [7, 11) is 0. The summed E-state index contributed by atoms with van der Waals surface area (Å²) in [6.45, 7) is 3.53. The smallest absolute Gasteiger partial charge is 0.289 e. The van der Waals surface area contributed by atoms with Crippen LogP contribution in [-0.2, 0) is 0 Å². The topological polar surface area (TPSA) is 78.9 Å². The SMILES string of the molecule is Cc1cc(C)n(C(=O)/C(C#N)=C/c2cc(Br)c(O)c(Br)c2)n1. The standard InChI is InChI=1S/C15H11Br2N3O2/c1-8-3-9(2)20(19-8)15(22)11(7-18)4-10-5-12(16)14(21)13(17)6-10/h3-6,21H,1-2H3/b11-4+. The molecule has 1 aromatic heterocycles. The van der Waals surface area contributed by atoms with Gasteiger partial charge in [0.2, 0.25) is 0 Å². The fourth-order valence-electron chi connectivity index (χ4n) is 1.93. The highest BCUT2D eigenvalue weighted by molar-refractivity contribution is 9.11. The summed E-state index contributed by atoms with van der Waals surface area (Å²) in [4.78, 5) is 12.4. The number of benzene rings is 1. The number of phenolic OH excluding ortho intramolecular Hbond substituents is 1. The van der Waals surface area contributed by atoms with Crippen molar-refractivity contribution in [2.45, 2.75) is 13.8 Å². The Morgan fingerprint density at radius 1 is 1.32 bits per heavy atom. The Bertz CT molecular complexity index is 809. The maximum atomic E-state index is 12.4. The van der Waals surface area contributed by atoms with E-state index in [9.17, 15) is 15.2 Å². The van der Waals surface area contributed by atoms with Gasteiger partial charge in [-0.25, -0.2) is 4.68 Å². The lowest BCUT2D eigenvalue weighted by atomic mass is 10.1. The van der Waals surface area contributed by atoms with Gasteiger partial charge in [-0.15, -0.1) is 0 Å². The molecule has 0 radical (unpaired) electrons. The van der Waals surface area contributed by atoms with E-state index < -0.39 is 5.91 Å². The summed E-state index contributed by atoms with van der Waals surface area (Å²) in [6.07, 6.45) is 1.45. The Labute approximate surface area is 144 Å². The number of allylic oxidation sites excluding steroid dienone is 1. The van der Waals surface area contributed by atoms with Crippen molar-refractivity contribution in [3.8, 4) is 11.8 Å². The number of halogens is 2. The van der Waals surface area contributed by atoms with Gasteiger partial charge < -0.3 is 5.11 Å². The second-order valence-electron chi connectivity index (χ2n) is 4.65. The summed E-state index contributed by atoms with van der Waals surface area (Å²) < 4.78 is 2.13.